The van der Waals surface area contributed by atoms with Crippen molar-refractivity contribution in [2.45, 2.75) is 51.0 Å². The number of hydrogen-bond acceptors (Lipinski definition) is 2. The standard InChI is InChI=1S/C16H23NO/c1-2-12-6-9-16(17,10-7-12)14-5-3-4-13-8-11-18-15(13)14/h3-5,12H,2,6-11,17H2,1H3. The Labute approximate surface area is 110 Å². The summed E-state index contributed by atoms with van der Waals surface area (Å²) in [5.41, 5.74) is 9.14. The second-order valence-electron chi connectivity index (χ2n) is 5.90. The highest BCUT2D eigenvalue weighted by atomic mass is 16.5. The molecule has 2 N–H and O–H groups in total. The van der Waals surface area contributed by atoms with Crippen LogP contribution in [0.3, 0.4) is 0 Å². The molecule has 18 heavy (non-hydrogen) atoms. The molecule has 1 aromatic carbocycles. The van der Waals surface area contributed by atoms with Gasteiger partial charge in [-0.25, -0.2) is 0 Å². The van der Waals surface area contributed by atoms with Crippen LogP contribution in [-0.4, -0.2) is 6.61 Å². The van der Waals surface area contributed by atoms with E-state index >= 15 is 0 Å². The van der Waals surface area contributed by atoms with Gasteiger partial charge in [-0.2, -0.15) is 0 Å². The smallest absolute Gasteiger partial charge is 0.127 e. The Kier molecular flexibility index (Phi) is 3.06. The summed E-state index contributed by atoms with van der Waals surface area (Å²) in [5, 5.41) is 0. The van der Waals surface area contributed by atoms with Crippen molar-refractivity contribution in [2.75, 3.05) is 6.61 Å². The van der Waals surface area contributed by atoms with E-state index in [0.29, 0.717) is 0 Å². The fourth-order valence-corrected chi connectivity index (χ4v) is 3.48. The van der Waals surface area contributed by atoms with Gasteiger partial charge < -0.3 is 10.5 Å². The molecular formula is C16H23NO. The molecule has 1 aliphatic heterocycles. The Hall–Kier alpha value is -1.02. The first kappa shape index (κ1) is 12.0. The fourth-order valence-electron chi connectivity index (χ4n) is 3.48. The van der Waals surface area contributed by atoms with Crippen LogP contribution in [0.4, 0.5) is 0 Å². The molecule has 1 aliphatic carbocycles. The summed E-state index contributed by atoms with van der Waals surface area (Å²) >= 11 is 0. The van der Waals surface area contributed by atoms with Crippen molar-refractivity contribution >= 4 is 0 Å². The summed E-state index contributed by atoms with van der Waals surface area (Å²) in [7, 11) is 0. The van der Waals surface area contributed by atoms with E-state index in [2.05, 4.69) is 25.1 Å². The summed E-state index contributed by atoms with van der Waals surface area (Å²) in [6, 6.07) is 6.49. The zero-order valence-corrected chi connectivity index (χ0v) is 11.2. The van der Waals surface area contributed by atoms with Crippen LogP contribution in [0.2, 0.25) is 0 Å². The lowest BCUT2D eigenvalue weighted by molar-refractivity contribution is 0.225. The summed E-state index contributed by atoms with van der Waals surface area (Å²) in [6.45, 7) is 3.11. The maximum atomic E-state index is 6.69. The number of para-hydroxylation sites is 1. The van der Waals surface area contributed by atoms with E-state index in [1.54, 1.807) is 0 Å². The van der Waals surface area contributed by atoms with E-state index < -0.39 is 0 Å². The minimum atomic E-state index is -0.151. The molecule has 3 rings (SSSR count). The van der Waals surface area contributed by atoms with Crippen LogP contribution in [0.1, 0.15) is 50.2 Å². The van der Waals surface area contributed by atoms with Gasteiger partial charge in [0.15, 0.2) is 0 Å². The van der Waals surface area contributed by atoms with Crippen molar-refractivity contribution in [1.29, 1.82) is 0 Å². The molecular weight excluding hydrogens is 222 g/mol. The molecule has 0 radical (unpaired) electrons. The Morgan fingerprint density at radius 2 is 2.11 bits per heavy atom. The molecule has 0 spiro atoms. The van der Waals surface area contributed by atoms with Crippen molar-refractivity contribution in [3.63, 3.8) is 0 Å². The highest BCUT2D eigenvalue weighted by Crippen LogP contribution is 2.44. The van der Waals surface area contributed by atoms with Crippen molar-refractivity contribution in [3.8, 4) is 5.75 Å². The van der Waals surface area contributed by atoms with Crippen molar-refractivity contribution < 1.29 is 4.74 Å². The van der Waals surface area contributed by atoms with E-state index in [1.165, 1.54) is 30.4 Å². The number of ether oxygens (including phenoxy) is 1. The summed E-state index contributed by atoms with van der Waals surface area (Å²) < 4.78 is 5.82. The van der Waals surface area contributed by atoms with Gasteiger partial charge in [0.25, 0.3) is 0 Å². The third kappa shape index (κ3) is 1.93. The molecule has 2 heteroatoms. The highest BCUT2D eigenvalue weighted by Gasteiger charge is 2.36. The monoisotopic (exact) mass is 245 g/mol. The van der Waals surface area contributed by atoms with Crippen LogP contribution in [0, 0.1) is 5.92 Å². The first-order valence-corrected chi connectivity index (χ1v) is 7.27. The van der Waals surface area contributed by atoms with Gasteiger partial charge in [0.1, 0.15) is 5.75 Å². The molecule has 0 unspecified atom stereocenters. The first-order chi connectivity index (χ1) is 8.73. The third-order valence-corrected chi connectivity index (χ3v) is 4.83. The van der Waals surface area contributed by atoms with Crippen LogP contribution in [0.5, 0.6) is 5.75 Å². The van der Waals surface area contributed by atoms with Gasteiger partial charge in [0, 0.05) is 17.5 Å². The van der Waals surface area contributed by atoms with Gasteiger partial charge in [0.05, 0.1) is 6.61 Å². The maximum absolute atomic E-state index is 6.69. The van der Waals surface area contributed by atoms with E-state index in [4.69, 9.17) is 10.5 Å². The normalized spacial score (nSPS) is 30.9. The summed E-state index contributed by atoms with van der Waals surface area (Å²) in [5.74, 6) is 1.97. The van der Waals surface area contributed by atoms with E-state index in [9.17, 15) is 0 Å². The highest BCUT2D eigenvalue weighted by molar-refractivity contribution is 5.47. The van der Waals surface area contributed by atoms with Crippen LogP contribution in [0.25, 0.3) is 0 Å². The Balaban J connectivity index is 1.89. The van der Waals surface area contributed by atoms with Gasteiger partial charge in [-0.15, -0.1) is 0 Å². The predicted octanol–water partition coefficient (Wildman–Crippen LogP) is 3.38. The van der Waals surface area contributed by atoms with E-state index in [1.807, 2.05) is 0 Å². The van der Waals surface area contributed by atoms with Crippen LogP contribution in [0.15, 0.2) is 18.2 Å². The van der Waals surface area contributed by atoms with Crippen molar-refractivity contribution in [1.82, 2.24) is 0 Å². The molecule has 1 saturated carbocycles. The minimum Gasteiger partial charge on any atom is -0.493 e. The molecule has 0 bridgehead atoms. The Morgan fingerprint density at radius 3 is 2.83 bits per heavy atom. The Morgan fingerprint density at radius 1 is 1.33 bits per heavy atom. The Bertz CT molecular complexity index is 433. The van der Waals surface area contributed by atoms with Crippen molar-refractivity contribution in [3.05, 3.63) is 29.3 Å². The lowest BCUT2D eigenvalue weighted by Crippen LogP contribution is -2.40. The topological polar surface area (TPSA) is 35.2 Å². The molecule has 2 nitrogen and oxygen atoms in total. The molecule has 0 saturated heterocycles. The van der Waals surface area contributed by atoms with Crippen LogP contribution >= 0.6 is 0 Å². The SMILES string of the molecule is CCC1CCC(N)(c2cccc3c2OCC3)CC1. The van der Waals surface area contributed by atoms with Crippen LogP contribution < -0.4 is 10.5 Å². The summed E-state index contributed by atoms with van der Waals surface area (Å²) in [6.07, 6.45) is 7.06. The largest absolute Gasteiger partial charge is 0.493 e. The third-order valence-electron chi connectivity index (χ3n) is 4.83. The second-order valence-corrected chi connectivity index (χ2v) is 5.90. The quantitative estimate of drug-likeness (QED) is 0.867. The number of fused-ring (bicyclic) bond motifs is 1. The molecule has 0 aromatic heterocycles. The van der Waals surface area contributed by atoms with Gasteiger partial charge in [-0.1, -0.05) is 31.5 Å². The molecule has 0 amide bonds. The average Bonchev–Trinajstić information content (AvgIpc) is 2.87. The fraction of sp³-hybridized carbons (Fsp3) is 0.625. The maximum Gasteiger partial charge on any atom is 0.127 e. The number of hydrogen-bond donors (Lipinski definition) is 1. The second kappa shape index (κ2) is 4.58. The average molecular weight is 245 g/mol. The van der Waals surface area contributed by atoms with E-state index in [-0.39, 0.29) is 5.54 Å². The molecule has 1 heterocycles. The molecule has 98 valence electrons. The lowest BCUT2D eigenvalue weighted by Gasteiger charge is -2.38. The summed E-state index contributed by atoms with van der Waals surface area (Å²) in [4.78, 5) is 0. The first-order valence-electron chi connectivity index (χ1n) is 7.27. The van der Waals surface area contributed by atoms with E-state index in [0.717, 1.165) is 37.5 Å². The van der Waals surface area contributed by atoms with Gasteiger partial charge in [-0.3, -0.25) is 0 Å². The van der Waals surface area contributed by atoms with Gasteiger partial charge in [-0.05, 0) is 37.2 Å². The zero-order chi connectivity index (χ0) is 12.6. The lowest BCUT2D eigenvalue weighted by atomic mass is 9.72. The molecule has 2 aliphatic rings. The number of benzene rings is 1. The predicted molar refractivity (Wildman–Crippen MR) is 73.8 cm³/mol. The minimum absolute atomic E-state index is 0.151. The number of nitrogens with two attached hydrogens (primary N) is 1. The van der Waals surface area contributed by atoms with Gasteiger partial charge in [0.2, 0.25) is 0 Å². The van der Waals surface area contributed by atoms with Gasteiger partial charge >= 0.3 is 0 Å². The van der Waals surface area contributed by atoms with Crippen molar-refractivity contribution in [2.24, 2.45) is 11.7 Å². The molecule has 0 atom stereocenters. The zero-order valence-electron chi connectivity index (χ0n) is 11.2. The number of rotatable bonds is 2. The molecule has 1 fully saturated rings. The molecule has 1 aromatic rings. The van der Waals surface area contributed by atoms with Crippen LogP contribution in [-0.2, 0) is 12.0 Å².